The van der Waals surface area contributed by atoms with Crippen molar-refractivity contribution >= 4 is 11.7 Å². The van der Waals surface area contributed by atoms with E-state index in [-0.39, 0.29) is 5.97 Å². The van der Waals surface area contributed by atoms with Crippen LogP contribution in [0, 0.1) is 5.92 Å². The van der Waals surface area contributed by atoms with Crippen LogP contribution < -0.4 is 14.4 Å². The van der Waals surface area contributed by atoms with Crippen molar-refractivity contribution in [3.05, 3.63) is 48.8 Å². The standard InChI is InChI=1S/C20H24N2O3/c1-2-20(23)25-19-5-3-18(4-6-19)24-15-16-9-13-22(14-10-16)17-7-11-21-12-8-17/h3-8,11-12,16H,2,9-10,13-15H2,1H3. The third kappa shape index (κ3) is 4.95. The lowest BCUT2D eigenvalue weighted by Gasteiger charge is -2.33. The molecule has 0 aliphatic carbocycles. The van der Waals surface area contributed by atoms with E-state index >= 15 is 0 Å². The lowest BCUT2D eigenvalue weighted by atomic mass is 9.97. The van der Waals surface area contributed by atoms with E-state index < -0.39 is 0 Å². The molecule has 1 aliphatic rings. The molecule has 5 heteroatoms. The number of ether oxygens (including phenoxy) is 2. The molecular weight excluding hydrogens is 316 g/mol. The Balaban J connectivity index is 1.43. The minimum Gasteiger partial charge on any atom is -0.493 e. The molecule has 0 bridgehead atoms. The van der Waals surface area contributed by atoms with Gasteiger partial charge in [-0.1, -0.05) is 6.92 Å². The fourth-order valence-corrected chi connectivity index (χ4v) is 2.93. The molecule has 2 heterocycles. The summed E-state index contributed by atoms with van der Waals surface area (Å²) in [6, 6.07) is 11.4. The fourth-order valence-electron chi connectivity index (χ4n) is 2.93. The molecule has 1 aliphatic heterocycles. The molecule has 1 fully saturated rings. The largest absolute Gasteiger partial charge is 0.493 e. The lowest BCUT2D eigenvalue weighted by Crippen LogP contribution is -2.35. The highest BCUT2D eigenvalue weighted by molar-refractivity contribution is 5.71. The topological polar surface area (TPSA) is 51.7 Å². The number of nitrogens with zero attached hydrogens (tertiary/aromatic N) is 2. The molecular formula is C20H24N2O3. The van der Waals surface area contributed by atoms with Gasteiger partial charge in [-0.25, -0.2) is 0 Å². The van der Waals surface area contributed by atoms with Gasteiger partial charge in [0.15, 0.2) is 0 Å². The van der Waals surface area contributed by atoms with Gasteiger partial charge in [-0.2, -0.15) is 0 Å². The number of benzene rings is 1. The van der Waals surface area contributed by atoms with Crippen molar-refractivity contribution in [2.75, 3.05) is 24.6 Å². The van der Waals surface area contributed by atoms with Gasteiger partial charge in [0.2, 0.25) is 0 Å². The Kier molecular flexibility index (Phi) is 5.88. The van der Waals surface area contributed by atoms with Crippen molar-refractivity contribution in [1.29, 1.82) is 0 Å². The first-order valence-corrected chi connectivity index (χ1v) is 8.83. The van der Waals surface area contributed by atoms with Crippen molar-refractivity contribution in [1.82, 2.24) is 4.98 Å². The highest BCUT2D eigenvalue weighted by Gasteiger charge is 2.20. The Bertz CT molecular complexity index is 665. The molecule has 2 aromatic rings. The molecule has 1 saturated heterocycles. The molecule has 5 nitrogen and oxygen atoms in total. The Morgan fingerprint density at radius 2 is 1.72 bits per heavy atom. The molecule has 3 rings (SSSR count). The van der Waals surface area contributed by atoms with Crippen LogP contribution in [-0.4, -0.2) is 30.6 Å². The van der Waals surface area contributed by atoms with Crippen molar-refractivity contribution in [2.45, 2.75) is 26.2 Å². The maximum atomic E-state index is 11.3. The maximum Gasteiger partial charge on any atom is 0.310 e. The van der Waals surface area contributed by atoms with Gasteiger partial charge in [0.1, 0.15) is 11.5 Å². The first-order chi connectivity index (χ1) is 12.2. The average Bonchev–Trinajstić information content (AvgIpc) is 2.68. The van der Waals surface area contributed by atoms with Crippen molar-refractivity contribution in [3.8, 4) is 11.5 Å². The van der Waals surface area contributed by atoms with Crippen LogP contribution in [0.4, 0.5) is 5.69 Å². The summed E-state index contributed by atoms with van der Waals surface area (Å²) in [4.78, 5) is 17.7. The smallest absolute Gasteiger partial charge is 0.310 e. The van der Waals surface area contributed by atoms with Gasteiger partial charge in [-0.05, 0) is 55.2 Å². The van der Waals surface area contributed by atoms with Gasteiger partial charge in [0, 0.05) is 37.6 Å². The molecule has 0 atom stereocenters. The van der Waals surface area contributed by atoms with E-state index in [4.69, 9.17) is 9.47 Å². The molecule has 0 spiro atoms. The van der Waals surface area contributed by atoms with E-state index in [9.17, 15) is 4.79 Å². The first kappa shape index (κ1) is 17.3. The van der Waals surface area contributed by atoms with Gasteiger partial charge < -0.3 is 14.4 Å². The second-order valence-corrected chi connectivity index (χ2v) is 6.25. The van der Waals surface area contributed by atoms with Crippen LogP contribution in [-0.2, 0) is 4.79 Å². The molecule has 0 unspecified atom stereocenters. The molecule has 0 saturated carbocycles. The molecule has 1 aromatic carbocycles. The summed E-state index contributed by atoms with van der Waals surface area (Å²) >= 11 is 0. The van der Waals surface area contributed by atoms with Gasteiger partial charge in [0.05, 0.1) is 6.61 Å². The quantitative estimate of drug-likeness (QED) is 0.593. The summed E-state index contributed by atoms with van der Waals surface area (Å²) in [5, 5.41) is 0. The van der Waals surface area contributed by atoms with Crippen LogP contribution in [0.2, 0.25) is 0 Å². The zero-order valence-electron chi connectivity index (χ0n) is 14.6. The second kappa shape index (κ2) is 8.51. The van der Waals surface area contributed by atoms with Gasteiger partial charge in [0.25, 0.3) is 0 Å². The Labute approximate surface area is 148 Å². The summed E-state index contributed by atoms with van der Waals surface area (Å²) in [7, 11) is 0. The fraction of sp³-hybridized carbons (Fsp3) is 0.400. The van der Waals surface area contributed by atoms with Crippen LogP contribution in [0.15, 0.2) is 48.8 Å². The number of carbonyl (C=O) groups excluding carboxylic acids is 1. The van der Waals surface area contributed by atoms with Crippen LogP contribution >= 0.6 is 0 Å². The summed E-state index contributed by atoms with van der Waals surface area (Å²) in [6.07, 6.45) is 6.29. The van der Waals surface area contributed by atoms with Crippen molar-refractivity contribution < 1.29 is 14.3 Å². The van der Waals surface area contributed by atoms with E-state index in [1.54, 1.807) is 19.1 Å². The van der Waals surface area contributed by atoms with Gasteiger partial charge in [-0.15, -0.1) is 0 Å². The highest BCUT2D eigenvalue weighted by Crippen LogP contribution is 2.24. The highest BCUT2D eigenvalue weighted by atomic mass is 16.5. The van der Waals surface area contributed by atoms with E-state index in [0.29, 0.717) is 18.1 Å². The number of esters is 1. The second-order valence-electron chi connectivity index (χ2n) is 6.25. The molecule has 0 amide bonds. The Hall–Kier alpha value is -2.56. The average molecular weight is 340 g/mol. The number of carbonyl (C=O) groups is 1. The molecule has 0 N–H and O–H groups in total. The van der Waals surface area contributed by atoms with Crippen molar-refractivity contribution in [3.63, 3.8) is 0 Å². The predicted octanol–water partition coefficient (Wildman–Crippen LogP) is 3.69. The minimum absolute atomic E-state index is 0.227. The van der Waals surface area contributed by atoms with Crippen LogP contribution in [0.1, 0.15) is 26.2 Å². The number of pyridine rings is 1. The predicted molar refractivity (Wildman–Crippen MR) is 97.0 cm³/mol. The monoisotopic (exact) mass is 340 g/mol. The van der Waals surface area contributed by atoms with Crippen LogP contribution in [0.25, 0.3) is 0 Å². The maximum absolute atomic E-state index is 11.3. The molecule has 132 valence electrons. The summed E-state index contributed by atoms with van der Waals surface area (Å²) in [5.41, 5.74) is 1.24. The first-order valence-electron chi connectivity index (χ1n) is 8.83. The normalized spacial score (nSPS) is 15.0. The third-order valence-corrected chi connectivity index (χ3v) is 4.47. The Morgan fingerprint density at radius 1 is 1.08 bits per heavy atom. The van der Waals surface area contributed by atoms with E-state index in [0.717, 1.165) is 38.3 Å². The number of rotatable bonds is 6. The SMILES string of the molecule is CCC(=O)Oc1ccc(OCC2CCN(c3ccncc3)CC2)cc1. The van der Waals surface area contributed by atoms with E-state index in [1.165, 1.54) is 5.69 Å². The number of hydrogen-bond donors (Lipinski definition) is 0. The number of piperidine rings is 1. The van der Waals surface area contributed by atoms with Crippen molar-refractivity contribution in [2.24, 2.45) is 5.92 Å². The molecule has 25 heavy (non-hydrogen) atoms. The van der Waals surface area contributed by atoms with Gasteiger partial charge >= 0.3 is 5.97 Å². The lowest BCUT2D eigenvalue weighted by molar-refractivity contribution is -0.134. The number of anilines is 1. The summed E-state index contributed by atoms with van der Waals surface area (Å²) in [5.74, 6) is 1.71. The Morgan fingerprint density at radius 3 is 2.36 bits per heavy atom. The summed E-state index contributed by atoms with van der Waals surface area (Å²) in [6.45, 7) is 4.59. The zero-order valence-corrected chi connectivity index (χ0v) is 14.6. The zero-order chi connectivity index (χ0) is 17.5. The van der Waals surface area contributed by atoms with Crippen LogP contribution in [0.5, 0.6) is 11.5 Å². The number of hydrogen-bond acceptors (Lipinski definition) is 5. The van der Waals surface area contributed by atoms with Crippen LogP contribution in [0.3, 0.4) is 0 Å². The number of aromatic nitrogens is 1. The molecule has 1 aromatic heterocycles. The van der Waals surface area contributed by atoms with E-state index in [1.807, 2.05) is 24.5 Å². The third-order valence-electron chi connectivity index (χ3n) is 4.47. The minimum atomic E-state index is -0.227. The summed E-state index contributed by atoms with van der Waals surface area (Å²) < 4.78 is 11.1. The van der Waals surface area contributed by atoms with Gasteiger partial charge in [-0.3, -0.25) is 9.78 Å². The molecule has 0 radical (unpaired) electrons. The van der Waals surface area contributed by atoms with E-state index in [2.05, 4.69) is 22.0 Å².